The van der Waals surface area contributed by atoms with Gasteiger partial charge >= 0.3 is 0 Å². The number of hydrogen-bond acceptors (Lipinski definition) is 6. The Labute approximate surface area is 166 Å². The van der Waals surface area contributed by atoms with Crippen molar-refractivity contribution in [1.82, 2.24) is 10.2 Å². The number of benzene rings is 2. The van der Waals surface area contributed by atoms with E-state index in [1.54, 1.807) is 12.1 Å². The second-order valence-electron chi connectivity index (χ2n) is 5.84. The Morgan fingerprint density at radius 3 is 2.79 bits per heavy atom. The summed E-state index contributed by atoms with van der Waals surface area (Å²) in [4.78, 5) is 12.8. The number of hydrogen-bond donors (Lipinski definition) is 1. The van der Waals surface area contributed by atoms with Crippen LogP contribution in [-0.4, -0.2) is 16.1 Å². The van der Waals surface area contributed by atoms with Gasteiger partial charge in [-0.2, -0.15) is 0 Å². The van der Waals surface area contributed by atoms with Crippen LogP contribution in [0.2, 0.25) is 0 Å². The maximum absolute atomic E-state index is 13.9. The quantitative estimate of drug-likeness (QED) is 0.440. The maximum atomic E-state index is 13.9. The first-order chi connectivity index (χ1) is 13.5. The fraction of sp³-hybridized carbons (Fsp3) is 0.105. The number of nitrogens with one attached hydrogen (secondary N) is 1. The first kappa shape index (κ1) is 18.6. The number of rotatable bonds is 5. The van der Waals surface area contributed by atoms with Crippen molar-refractivity contribution >= 4 is 45.7 Å². The second-order valence-corrected chi connectivity index (χ2v) is 8.24. The largest absolute Gasteiger partial charge is 0.451 e. The van der Waals surface area contributed by atoms with Gasteiger partial charge in [-0.25, -0.2) is 8.78 Å². The number of anilines is 1. The molecular weight excluding hydrogens is 404 g/mol. The van der Waals surface area contributed by atoms with Crippen LogP contribution in [0.5, 0.6) is 0 Å². The molecule has 0 atom stereocenters. The van der Waals surface area contributed by atoms with Gasteiger partial charge in [0, 0.05) is 16.7 Å². The molecule has 0 aliphatic heterocycles. The van der Waals surface area contributed by atoms with Crippen LogP contribution in [0.15, 0.2) is 51.2 Å². The highest BCUT2D eigenvalue weighted by atomic mass is 32.2. The highest BCUT2D eigenvalue weighted by Crippen LogP contribution is 2.33. The van der Waals surface area contributed by atoms with E-state index >= 15 is 0 Å². The van der Waals surface area contributed by atoms with Crippen molar-refractivity contribution in [3.8, 4) is 0 Å². The minimum Gasteiger partial charge on any atom is -0.451 e. The van der Waals surface area contributed by atoms with Gasteiger partial charge in [0.15, 0.2) is 21.7 Å². The van der Waals surface area contributed by atoms with Gasteiger partial charge in [-0.1, -0.05) is 47.4 Å². The molecule has 0 saturated carbocycles. The van der Waals surface area contributed by atoms with E-state index in [9.17, 15) is 13.6 Å². The lowest BCUT2D eigenvalue weighted by atomic mass is 10.1. The van der Waals surface area contributed by atoms with Crippen LogP contribution in [0, 0.1) is 18.6 Å². The Morgan fingerprint density at radius 2 is 2.00 bits per heavy atom. The lowest BCUT2D eigenvalue weighted by molar-refractivity contribution is 0.0997. The highest BCUT2D eigenvalue weighted by Gasteiger charge is 2.22. The molecular formula is C19H13F2N3O2S2. The minimum absolute atomic E-state index is 0.0543. The van der Waals surface area contributed by atoms with Crippen LogP contribution in [0.1, 0.15) is 21.1 Å². The molecule has 0 bridgehead atoms. The van der Waals surface area contributed by atoms with Crippen LogP contribution in [-0.2, 0) is 5.75 Å². The lowest BCUT2D eigenvalue weighted by Gasteiger charge is -2.06. The Morgan fingerprint density at radius 1 is 1.18 bits per heavy atom. The summed E-state index contributed by atoms with van der Waals surface area (Å²) in [6.07, 6.45) is 0. The molecule has 0 fully saturated rings. The van der Waals surface area contributed by atoms with Gasteiger partial charge in [-0.3, -0.25) is 4.79 Å². The SMILES string of the molecule is Cc1nnc(SCc2c(C(=O)Nc3cccc(F)c3F)oc3ccccc23)s1. The topological polar surface area (TPSA) is 68.0 Å². The molecule has 0 aliphatic rings. The number of fused-ring (bicyclic) bond motifs is 1. The van der Waals surface area contributed by atoms with E-state index in [2.05, 4.69) is 15.5 Å². The van der Waals surface area contributed by atoms with Crippen LogP contribution in [0.3, 0.4) is 0 Å². The highest BCUT2D eigenvalue weighted by molar-refractivity contribution is 8.00. The molecule has 9 heteroatoms. The van der Waals surface area contributed by atoms with Gasteiger partial charge in [0.25, 0.3) is 5.91 Å². The van der Waals surface area contributed by atoms with Gasteiger partial charge in [0.2, 0.25) is 0 Å². The fourth-order valence-electron chi connectivity index (χ4n) is 2.68. The third kappa shape index (κ3) is 3.63. The molecule has 0 unspecified atom stereocenters. The molecule has 0 aliphatic carbocycles. The minimum atomic E-state index is -1.12. The number of carbonyl (C=O) groups is 1. The third-order valence-corrected chi connectivity index (χ3v) is 5.95. The van der Waals surface area contributed by atoms with Crippen LogP contribution >= 0.6 is 23.1 Å². The van der Waals surface area contributed by atoms with Gasteiger partial charge in [0.05, 0.1) is 5.69 Å². The summed E-state index contributed by atoms with van der Waals surface area (Å²) in [5.74, 6) is -2.33. The van der Waals surface area contributed by atoms with E-state index in [1.807, 2.05) is 19.1 Å². The standard InChI is InChI=1S/C19H13F2N3O2S2/c1-10-23-24-19(28-10)27-9-12-11-5-2-3-8-15(11)26-17(12)18(25)22-14-7-4-6-13(20)16(14)21/h2-8H,9H2,1H3,(H,22,25). The average molecular weight is 417 g/mol. The van der Waals surface area contributed by atoms with Crippen molar-refractivity contribution in [2.24, 2.45) is 0 Å². The zero-order valence-corrected chi connectivity index (χ0v) is 16.2. The number of aromatic nitrogens is 2. The van der Waals surface area contributed by atoms with Gasteiger partial charge in [-0.15, -0.1) is 10.2 Å². The van der Waals surface area contributed by atoms with E-state index < -0.39 is 17.5 Å². The maximum Gasteiger partial charge on any atom is 0.291 e. The molecule has 0 spiro atoms. The normalized spacial score (nSPS) is 11.1. The summed E-state index contributed by atoms with van der Waals surface area (Å²) < 4.78 is 33.8. The van der Waals surface area contributed by atoms with Gasteiger partial charge in [0.1, 0.15) is 10.6 Å². The van der Waals surface area contributed by atoms with E-state index in [0.717, 1.165) is 20.8 Å². The molecule has 28 heavy (non-hydrogen) atoms. The van der Waals surface area contributed by atoms with E-state index in [4.69, 9.17) is 4.42 Å². The molecule has 4 rings (SSSR count). The molecule has 2 aromatic heterocycles. The number of furan rings is 1. The number of nitrogens with zero attached hydrogens (tertiary/aromatic N) is 2. The Balaban J connectivity index is 1.67. The predicted octanol–water partition coefficient (Wildman–Crippen LogP) is 5.42. The zero-order chi connectivity index (χ0) is 19.7. The summed E-state index contributed by atoms with van der Waals surface area (Å²) in [6.45, 7) is 1.86. The number of aryl methyl sites for hydroxylation is 1. The molecule has 142 valence electrons. The van der Waals surface area contributed by atoms with E-state index in [0.29, 0.717) is 16.9 Å². The Kier molecular flexibility index (Phi) is 5.10. The lowest BCUT2D eigenvalue weighted by Crippen LogP contribution is -2.14. The zero-order valence-electron chi connectivity index (χ0n) is 14.5. The Hall–Kier alpha value is -2.78. The van der Waals surface area contributed by atoms with Crippen molar-refractivity contribution in [3.05, 3.63) is 70.4 Å². The molecule has 5 nitrogen and oxygen atoms in total. The third-order valence-electron chi connectivity index (χ3n) is 3.95. The molecule has 4 aromatic rings. The molecule has 2 aromatic carbocycles. The van der Waals surface area contributed by atoms with Gasteiger partial charge in [-0.05, 0) is 25.1 Å². The number of amides is 1. The van der Waals surface area contributed by atoms with Crippen LogP contribution in [0.25, 0.3) is 11.0 Å². The Bertz CT molecular complexity index is 1170. The summed E-state index contributed by atoms with van der Waals surface area (Å²) in [5, 5.41) is 12.1. The molecule has 0 saturated heterocycles. The van der Waals surface area contributed by atoms with E-state index in [1.165, 1.54) is 35.2 Å². The van der Waals surface area contributed by atoms with Crippen LogP contribution in [0.4, 0.5) is 14.5 Å². The monoisotopic (exact) mass is 417 g/mol. The van der Waals surface area contributed by atoms with Crippen molar-refractivity contribution in [2.75, 3.05) is 5.32 Å². The summed E-state index contributed by atoms with van der Waals surface area (Å²) >= 11 is 2.88. The number of thioether (sulfide) groups is 1. The average Bonchev–Trinajstić information content (AvgIpc) is 3.27. The number of carbonyl (C=O) groups excluding carboxylic acids is 1. The first-order valence-electron chi connectivity index (χ1n) is 8.21. The van der Waals surface area contributed by atoms with Crippen LogP contribution < -0.4 is 5.32 Å². The molecule has 1 N–H and O–H groups in total. The van der Waals surface area contributed by atoms with Crippen molar-refractivity contribution < 1.29 is 18.0 Å². The summed E-state index contributed by atoms with van der Waals surface area (Å²) in [5.41, 5.74) is 0.947. The second kappa shape index (κ2) is 7.69. The van der Waals surface area contributed by atoms with E-state index in [-0.39, 0.29) is 11.4 Å². The summed E-state index contributed by atoms with van der Waals surface area (Å²) in [6, 6.07) is 10.8. The molecule has 2 heterocycles. The summed E-state index contributed by atoms with van der Waals surface area (Å²) in [7, 11) is 0. The van der Waals surface area contributed by atoms with Crippen molar-refractivity contribution in [2.45, 2.75) is 17.0 Å². The first-order valence-corrected chi connectivity index (χ1v) is 10.0. The van der Waals surface area contributed by atoms with Crippen molar-refractivity contribution in [3.63, 3.8) is 0 Å². The molecule has 0 radical (unpaired) electrons. The molecule has 1 amide bonds. The number of para-hydroxylation sites is 1. The smallest absolute Gasteiger partial charge is 0.291 e. The number of halogens is 2. The van der Waals surface area contributed by atoms with Gasteiger partial charge < -0.3 is 9.73 Å². The van der Waals surface area contributed by atoms with Crippen molar-refractivity contribution in [1.29, 1.82) is 0 Å². The predicted molar refractivity (Wildman–Crippen MR) is 105 cm³/mol. The fourth-order valence-corrected chi connectivity index (χ4v) is 4.52.